The minimum atomic E-state index is -3.35. The molecule has 0 saturated carbocycles. The molecule has 1 aromatic heterocycles. The van der Waals surface area contributed by atoms with E-state index in [9.17, 15) is 13.2 Å². The van der Waals surface area contributed by atoms with Crippen molar-refractivity contribution < 1.29 is 13.2 Å². The van der Waals surface area contributed by atoms with Gasteiger partial charge in [-0.25, -0.2) is 8.42 Å². The molecule has 3 rings (SSSR count). The van der Waals surface area contributed by atoms with Crippen LogP contribution < -0.4 is 0 Å². The third-order valence-electron chi connectivity index (χ3n) is 4.22. The highest BCUT2D eigenvalue weighted by atomic mass is 35.5. The smallest absolute Gasteiger partial charge is 0.263 e. The number of carbonyl (C=O) groups excluding carboxylic acids is 1. The van der Waals surface area contributed by atoms with Crippen LogP contribution in [0.25, 0.3) is 0 Å². The minimum absolute atomic E-state index is 0.0427. The fourth-order valence-corrected chi connectivity index (χ4v) is 5.94. The topological polar surface area (TPSA) is 54.5 Å². The van der Waals surface area contributed by atoms with Crippen molar-refractivity contribution in [1.29, 1.82) is 0 Å². The highest BCUT2D eigenvalue weighted by molar-refractivity contribution is 7.91. The van der Waals surface area contributed by atoms with E-state index >= 15 is 0 Å². The van der Waals surface area contributed by atoms with Crippen molar-refractivity contribution in [2.45, 2.75) is 18.6 Å². The van der Waals surface area contributed by atoms with Gasteiger partial charge in [0, 0.05) is 18.1 Å². The fraction of sp³-hybridized carbons (Fsp3) is 0.353. The summed E-state index contributed by atoms with van der Waals surface area (Å²) in [5.41, 5.74) is 1.67. The monoisotopic (exact) mass is 383 g/mol. The van der Waals surface area contributed by atoms with E-state index in [1.54, 1.807) is 29.2 Å². The molecule has 2 aromatic rings. The van der Waals surface area contributed by atoms with Gasteiger partial charge in [0.15, 0.2) is 9.84 Å². The predicted molar refractivity (Wildman–Crippen MR) is 97.6 cm³/mol. The summed E-state index contributed by atoms with van der Waals surface area (Å²) in [6.45, 7) is 2.57. The summed E-state index contributed by atoms with van der Waals surface area (Å²) in [7, 11) is -3.35. The number of hydrogen-bond acceptors (Lipinski definition) is 4. The van der Waals surface area contributed by atoms with Gasteiger partial charge >= 0.3 is 0 Å². The van der Waals surface area contributed by atoms with E-state index in [1.807, 2.05) is 18.4 Å². The van der Waals surface area contributed by atoms with E-state index in [0.29, 0.717) is 28.4 Å². The molecule has 1 aromatic carbocycles. The summed E-state index contributed by atoms with van der Waals surface area (Å²) in [6.07, 6.45) is 0.363. The lowest BCUT2D eigenvalue weighted by atomic mass is 10.1. The number of carbonyl (C=O) groups is 1. The van der Waals surface area contributed by atoms with Crippen molar-refractivity contribution >= 4 is 38.7 Å². The summed E-state index contributed by atoms with van der Waals surface area (Å²) in [4.78, 5) is 14.9. The van der Waals surface area contributed by atoms with Crippen molar-refractivity contribution in [3.63, 3.8) is 0 Å². The normalized spacial score (nSPS) is 20.6. The van der Waals surface area contributed by atoms with E-state index < -0.39 is 15.1 Å². The van der Waals surface area contributed by atoms with Crippen molar-refractivity contribution in [3.8, 4) is 0 Å². The second-order valence-electron chi connectivity index (χ2n) is 5.95. The molecule has 24 heavy (non-hydrogen) atoms. The standard InChI is InChI=1S/C17H18ClNO3S2/c1-12-10-15(23-11-12)17(20)19-7-6-16(24(21,22)9-8-19)13-4-2-3-5-14(13)18/h2-5,10-11,16H,6-9H2,1H3/t16-/m0/s1. The minimum Gasteiger partial charge on any atom is -0.337 e. The second-order valence-corrected chi connectivity index (χ2v) is 9.57. The van der Waals surface area contributed by atoms with Crippen LogP contribution in [-0.4, -0.2) is 38.1 Å². The van der Waals surface area contributed by atoms with Crippen LogP contribution in [0.1, 0.15) is 32.5 Å². The maximum Gasteiger partial charge on any atom is 0.263 e. The predicted octanol–water partition coefficient (Wildman–Crippen LogP) is 3.71. The molecule has 0 aliphatic carbocycles. The number of nitrogens with zero attached hydrogens (tertiary/aromatic N) is 1. The number of benzene rings is 1. The van der Waals surface area contributed by atoms with Crippen molar-refractivity contribution in [3.05, 3.63) is 56.7 Å². The first-order valence-corrected chi connectivity index (χ1v) is 10.7. The van der Waals surface area contributed by atoms with Crippen LogP contribution in [0.5, 0.6) is 0 Å². The second kappa shape index (κ2) is 6.86. The van der Waals surface area contributed by atoms with Crippen LogP contribution in [0.2, 0.25) is 5.02 Å². The molecule has 0 unspecified atom stereocenters. The molecule has 7 heteroatoms. The van der Waals surface area contributed by atoms with Gasteiger partial charge in [0.2, 0.25) is 0 Å². The maximum atomic E-state index is 12.7. The Labute approximate surface area is 151 Å². The van der Waals surface area contributed by atoms with E-state index in [-0.39, 0.29) is 18.2 Å². The Morgan fingerprint density at radius 2 is 2.04 bits per heavy atom. The Balaban J connectivity index is 1.85. The molecule has 0 spiro atoms. The van der Waals surface area contributed by atoms with Gasteiger partial charge in [-0.3, -0.25) is 4.79 Å². The molecule has 0 bridgehead atoms. The van der Waals surface area contributed by atoms with Crippen LogP contribution in [0.4, 0.5) is 0 Å². The van der Waals surface area contributed by atoms with Crippen LogP contribution >= 0.6 is 22.9 Å². The Morgan fingerprint density at radius 3 is 2.71 bits per heavy atom. The molecule has 0 radical (unpaired) electrons. The van der Waals surface area contributed by atoms with Crippen molar-refractivity contribution in [1.82, 2.24) is 4.90 Å². The lowest BCUT2D eigenvalue weighted by Gasteiger charge is -2.19. The number of amides is 1. The Bertz CT molecular complexity index is 860. The van der Waals surface area contributed by atoms with Gasteiger partial charge in [0.1, 0.15) is 0 Å². The maximum absolute atomic E-state index is 12.7. The number of halogens is 1. The fourth-order valence-electron chi connectivity index (χ4n) is 2.93. The molecule has 1 saturated heterocycles. The van der Waals surface area contributed by atoms with Gasteiger partial charge in [-0.05, 0) is 42.0 Å². The van der Waals surface area contributed by atoms with Crippen LogP contribution in [0, 0.1) is 6.92 Å². The number of hydrogen-bond donors (Lipinski definition) is 0. The Hall–Kier alpha value is -1.37. The average Bonchev–Trinajstić information content (AvgIpc) is 2.90. The first kappa shape index (κ1) is 17.5. The molecular weight excluding hydrogens is 366 g/mol. The largest absolute Gasteiger partial charge is 0.337 e. The van der Waals surface area contributed by atoms with E-state index in [4.69, 9.17) is 11.6 Å². The summed E-state index contributed by atoms with van der Waals surface area (Å²) in [6, 6.07) is 8.88. The summed E-state index contributed by atoms with van der Waals surface area (Å²) in [5, 5.41) is 1.72. The SMILES string of the molecule is Cc1csc(C(=O)N2CC[C@@H](c3ccccc3Cl)S(=O)(=O)CC2)c1. The zero-order chi connectivity index (χ0) is 17.3. The van der Waals surface area contributed by atoms with Gasteiger partial charge in [-0.15, -0.1) is 11.3 Å². The summed E-state index contributed by atoms with van der Waals surface area (Å²) >= 11 is 7.59. The van der Waals surface area contributed by atoms with Crippen LogP contribution in [-0.2, 0) is 9.84 Å². The number of sulfone groups is 1. The van der Waals surface area contributed by atoms with E-state index in [2.05, 4.69) is 0 Å². The molecule has 1 aliphatic rings. The van der Waals surface area contributed by atoms with Gasteiger partial charge < -0.3 is 4.90 Å². The Morgan fingerprint density at radius 1 is 1.29 bits per heavy atom. The average molecular weight is 384 g/mol. The molecule has 4 nitrogen and oxygen atoms in total. The highest BCUT2D eigenvalue weighted by Crippen LogP contribution is 2.34. The van der Waals surface area contributed by atoms with Gasteiger partial charge in [-0.1, -0.05) is 29.8 Å². The molecule has 1 aliphatic heterocycles. The Kier molecular flexibility index (Phi) is 4.99. The zero-order valence-corrected chi connectivity index (χ0v) is 15.6. The van der Waals surface area contributed by atoms with Gasteiger partial charge in [0.25, 0.3) is 5.91 Å². The number of aryl methyl sites for hydroxylation is 1. The highest BCUT2D eigenvalue weighted by Gasteiger charge is 2.34. The van der Waals surface area contributed by atoms with E-state index in [0.717, 1.165) is 5.56 Å². The lowest BCUT2D eigenvalue weighted by molar-refractivity contribution is 0.0771. The van der Waals surface area contributed by atoms with Crippen LogP contribution in [0.3, 0.4) is 0 Å². The quantitative estimate of drug-likeness (QED) is 0.794. The van der Waals surface area contributed by atoms with Crippen LogP contribution in [0.15, 0.2) is 35.7 Å². The zero-order valence-electron chi connectivity index (χ0n) is 13.2. The lowest BCUT2D eigenvalue weighted by Crippen LogP contribution is -2.33. The summed E-state index contributed by atoms with van der Waals surface area (Å²) in [5.74, 6) is -0.137. The van der Waals surface area contributed by atoms with Crippen molar-refractivity contribution in [2.24, 2.45) is 0 Å². The molecule has 1 atom stereocenters. The van der Waals surface area contributed by atoms with Gasteiger partial charge in [-0.2, -0.15) is 0 Å². The molecule has 1 amide bonds. The molecule has 2 heterocycles. The third kappa shape index (κ3) is 3.50. The molecule has 0 N–H and O–H groups in total. The third-order valence-corrected chi connectivity index (χ3v) is 7.71. The number of rotatable bonds is 2. The van der Waals surface area contributed by atoms with Gasteiger partial charge in [0.05, 0.1) is 15.9 Å². The van der Waals surface area contributed by atoms with E-state index in [1.165, 1.54) is 11.3 Å². The first-order valence-electron chi connectivity index (χ1n) is 7.69. The summed E-state index contributed by atoms with van der Waals surface area (Å²) < 4.78 is 25.3. The molecule has 128 valence electrons. The molecular formula is C17H18ClNO3S2. The number of thiophene rings is 1. The molecule has 1 fully saturated rings. The first-order chi connectivity index (χ1) is 11.4. The van der Waals surface area contributed by atoms with Crippen molar-refractivity contribution in [2.75, 3.05) is 18.8 Å².